The first kappa shape index (κ1) is 13.7. The summed E-state index contributed by atoms with van der Waals surface area (Å²) in [6.45, 7) is 1.97. The molecule has 1 aliphatic rings. The lowest BCUT2D eigenvalue weighted by Crippen LogP contribution is -2.36. The van der Waals surface area contributed by atoms with Crippen LogP contribution in [0.2, 0.25) is 0 Å². The van der Waals surface area contributed by atoms with Crippen molar-refractivity contribution in [3.05, 3.63) is 5.01 Å². The Labute approximate surface area is 114 Å². The molecule has 0 bridgehead atoms. The van der Waals surface area contributed by atoms with E-state index in [0.29, 0.717) is 24.4 Å². The van der Waals surface area contributed by atoms with Crippen LogP contribution in [-0.2, 0) is 11.2 Å². The number of anilines is 1. The number of rotatable bonds is 4. The van der Waals surface area contributed by atoms with Crippen molar-refractivity contribution in [2.45, 2.75) is 38.6 Å². The number of nitrogens with zero attached hydrogens (tertiary/aromatic N) is 2. The monoisotopic (exact) mass is 284 g/mol. The Bertz CT molecular complexity index is 476. The first-order valence-electron chi connectivity index (χ1n) is 6.21. The molecule has 1 aliphatic carbocycles. The van der Waals surface area contributed by atoms with E-state index in [1.807, 2.05) is 6.92 Å². The maximum atomic E-state index is 11.7. The average Bonchev–Trinajstić information content (AvgIpc) is 2.98. The van der Waals surface area contributed by atoms with Gasteiger partial charge in [0.2, 0.25) is 5.13 Å². The summed E-state index contributed by atoms with van der Waals surface area (Å²) in [6, 6.07) is -0.436. The van der Waals surface area contributed by atoms with Gasteiger partial charge in [-0.15, -0.1) is 10.2 Å². The van der Waals surface area contributed by atoms with E-state index < -0.39 is 5.97 Å². The molecule has 0 radical (unpaired) electrons. The highest BCUT2D eigenvalue weighted by atomic mass is 32.1. The number of amides is 2. The summed E-state index contributed by atoms with van der Waals surface area (Å²) in [5, 5.41) is 23.3. The molecule has 2 rings (SSSR count). The molecule has 1 aromatic rings. The van der Waals surface area contributed by atoms with Crippen molar-refractivity contribution in [2.75, 3.05) is 5.32 Å². The molecule has 0 saturated heterocycles. The second-order valence-electron chi connectivity index (χ2n) is 4.50. The Morgan fingerprint density at radius 2 is 2.21 bits per heavy atom. The zero-order valence-electron chi connectivity index (χ0n) is 10.5. The fourth-order valence-corrected chi connectivity index (χ4v) is 2.78. The van der Waals surface area contributed by atoms with Gasteiger partial charge in [0.25, 0.3) is 0 Å². The quantitative estimate of drug-likeness (QED) is 0.776. The van der Waals surface area contributed by atoms with Gasteiger partial charge >= 0.3 is 12.0 Å². The second-order valence-corrected chi connectivity index (χ2v) is 5.56. The number of aryl methyl sites for hydroxylation is 1. The number of hydrogen-bond donors (Lipinski definition) is 3. The Morgan fingerprint density at radius 3 is 2.79 bits per heavy atom. The third-order valence-corrected chi connectivity index (χ3v) is 4.09. The molecule has 0 aromatic carbocycles. The van der Waals surface area contributed by atoms with E-state index in [0.717, 1.165) is 11.4 Å². The van der Waals surface area contributed by atoms with Gasteiger partial charge in [-0.2, -0.15) is 0 Å². The van der Waals surface area contributed by atoms with Crippen molar-refractivity contribution in [1.29, 1.82) is 0 Å². The minimum absolute atomic E-state index is 0.0836. The van der Waals surface area contributed by atoms with Gasteiger partial charge in [0.05, 0.1) is 5.92 Å². The van der Waals surface area contributed by atoms with Crippen molar-refractivity contribution in [3.8, 4) is 0 Å². The fraction of sp³-hybridized carbons (Fsp3) is 0.636. The number of hydrogen-bond acceptors (Lipinski definition) is 5. The van der Waals surface area contributed by atoms with Gasteiger partial charge in [-0.1, -0.05) is 18.3 Å². The number of carbonyl (C=O) groups is 2. The van der Waals surface area contributed by atoms with Crippen molar-refractivity contribution in [1.82, 2.24) is 15.5 Å². The summed E-state index contributed by atoms with van der Waals surface area (Å²) in [5.41, 5.74) is 0. The predicted molar refractivity (Wildman–Crippen MR) is 70.2 cm³/mol. The van der Waals surface area contributed by atoms with Gasteiger partial charge in [0.1, 0.15) is 5.01 Å². The van der Waals surface area contributed by atoms with Crippen LogP contribution in [0.15, 0.2) is 0 Å². The summed E-state index contributed by atoms with van der Waals surface area (Å²) < 4.78 is 0. The zero-order chi connectivity index (χ0) is 13.8. The Balaban J connectivity index is 1.80. The van der Waals surface area contributed by atoms with Crippen molar-refractivity contribution < 1.29 is 14.7 Å². The molecule has 3 N–H and O–H groups in total. The molecule has 7 nitrogen and oxygen atoms in total. The third-order valence-electron chi connectivity index (χ3n) is 3.11. The van der Waals surface area contributed by atoms with Crippen molar-refractivity contribution >= 4 is 28.5 Å². The van der Waals surface area contributed by atoms with E-state index in [2.05, 4.69) is 20.8 Å². The molecular formula is C11H16N4O3S. The van der Waals surface area contributed by atoms with Crippen LogP contribution in [0.4, 0.5) is 9.93 Å². The van der Waals surface area contributed by atoms with Gasteiger partial charge < -0.3 is 10.4 Å². The first-order valence-corrected chi connectivity index (χ1v) is 7.02. The number of carbonyl (C=O) groups excluding carboxylic acids is 1. The minimum atomic E-state index is -0.790. The van der Waals surface area contributed by atoms with Gasteiger partial charge in [0.15, 0.2) is 0 Å². The van der Waals surface area contributed by atoms with Crippen molar-refractivity contribution in [2.24, 2.45) is 5.92 Å². The van der Waals surface area contributed by atoms with Crippen LogP contribution in [-0.4, -0.2) is 33.3 Å². The molecule has 8 heteroatoms. The maximum Gasteiger partial charge on any atom is 0.321 e. The lowest BCUT2D eigenvalue weighted by Gasteiger charge is -2.11. The molecule has 0 spiro atoms. The van der Waals surface area contributed by atoms with E-state index in [4.69, 9.17) is 5.11 Å². The number of urea groups is 1. The van der Waals surface area contributed by atoms with Crippen LogP contribution >= 0.6 is 11.3 Å². The molecule has 1 aromatic heterocycles. The molecule has 2 amide bonds. The number of carboxylic acid groups (broad SMARTS) is 1. The molecule has 1 fully saturated rings. The number of aliphatic carboxylic acids is 1. The van der Waals surface area contributed by atoms with Gasteiger partial charge in [-0.3, -0.25) is 10.1 Å². The highest BCUT2D eigenvalue weighted by Crippen LogP contribution is 2.25. The van der Waals surface area contributed by atoms with Gasteiger partial charge in [-0.25, -0.2) is 4.79 Å². The maximum absolute atomic E-state index is 11.7. The van der Waals surface area contributed by atoms with Crippen molar-refractivity contribution in [3.63, 3.8) is 0 Å². The molecule has 2 atom stereocenters. The lowest BCUT2D eigenvalue weighted by molar-refractivity contribution is -0.141. The molecule has 1 heterocycles. The highest BCUT2D eigenvalue weighted by molar-refractivity contribution is 7.15. The van der Waals surface area contributed by atoms with E-state index in [1.54, 1.807) is 0 Å². The molecule has 19 heavy (non-hydrogen) atoms. The average molecular weight is 284 g/mol. The smallest absolute Gasteiger partial charge is 0.321 e. The van der Waals surface area contributed by atoms with Crippen LogP contribution in [0, 0.1) is 5.92 Å². The molecule has 2 unspecified atom stereocenters. The summed E-state index contributed by atoms with van der Waals surface area (Å²) in [4.78, 5) is 22.5. The summed E-state index contributed by atoms with van der Waals surface area (Å²) in [7, 11) is 0. The third kappa shape index (κ3) is 3.63. The summed E-state index contributed by atoms with van der Waals surface area (Å²) in [5.74, 6) is -1.14. The predicted octanol–water partition coefficient (Wildman–Crippen LogP) is 1.48. The Kier molecular flexibility index (Phi) is 4.31. The van der Waals surface area contributed by atoms with E-state index >= 15 is 0 Å². The van der Waals surface area contributed by atoms with E-state index in [9.17, 15) is 9.59 Å². The van der Waals surface area contributed by atoms with Gasteiger partial charge in [0, 0.05) is 6.04 Å². The standard InChI is InChI=1S/C11H16N4O3S/c1-2-8-14-15-11(19-8)13-10(18)12-7-4-3-6(5-7)9(16)17/h6-7H,2-5H2,1H3,(H,16,17)(H2,12,13,15,18). The molecular weight excluding hydrogens is 268 g/mol. The lowest BCUT2D eigenvalue weighted by atomic mass is 10.1. The largest absolute Gasteiger partial charge is 0.481 e. The second kappa shape index (κ2) is 5.96. The summed E-state index contributed by atoms with van der Waals surface area (Å²) in [6.07, 6.45) is 2.57. The zero-order valence-corrected chi connectivity index (χ0v) is 11.4. The minimum Gasteiger partial charge on any atom is -0.481 e. The normalized spacial score (nSPS) is 22.2. The first-order chi connectivity index (χ1) is 9.08. The van der Waals surface area contributed by atoms with Crippen LogP contribution in [0.25, 0.3) is 0 Å². The van der Waals surface area contributed by atoms with Gasteiger partial charge in [-0.05, 0) is 25.7 Å². The summed E-state index contributed by atoms with van der Waals surface area (Å²) >= 11 is 1.34. The molecule has 104 valence electrons. The van der Waals surface area contributed by atoms with Crippen LogP contribution in [0.5, 0.6) is 0 Å². The number of carboxylic acids is 1. The topological polar surface area (TPSA) is 104 Å². The molecule has 1 saturated carbocycles. The van der Waals surface area contributed by atoms with E-state index in [1.165, 1.54) is 11.3 Å². The SMILES string of the molecule is CCc1nnc(NC(=O)NC2CCC(C(=O)O)C2)s1. The van der Waals surface area contributed by atoms with E-state index in [-0.39, 0.29) is 18.0 Å². The van der Waals surface area contributed by atoms with Crippen LogP contribution in [0.1, 0.15) is 31.2 Å². The molecule has 0 aliphatic heterocycles. The van der Waals surface area contributed by atoms with Crippen LogP contribution < -0.4 is 10.6 Å². The number of aromatic nitrogens is 2. The fourth-order valence-electron chi connectivity index (χ4n) is 2.10. The highest BCUT2D eigenvalue weighted by Gasteiger charge is 2.30. The number of nitrogens with one attached hydrogen (secondary N) is 2. The van der Waals surface area contributed by atoms with Crippen LogP contribution in [0.3, 0.4) is 0 Å². The Morgan fingerprint density at radius 1 is 1.42 bits per heavy atom. The Hall–Kier alpha value is -1.70.